The Morgan fingerprint density at radius 2 is 1.75 bits per heavy atom. The van der Waals surface area contributed by atoms with E-state index in [2.05, 4.69) is 15.3 Å². The lowest BCUT2D eigenvalue weighted by atomic mass is 10.1. The van der Waals surface area contributed by atoms with Crippen molar-refractivity contribution in [3.8, 4) is 0 Å². The fourth-order valence-electron chi connectivity index (χ4n) is 3.03. The average Bonchev–Trinajstić information content (AvgIpc) is 3.04. The molecule has 0 saturated heterocycles. The van der Waals surface area contributed by atoms with Gasteiger partial charge in [0.05, 0.1) is 28.7 Å². The van der Waals surface area contributed by atoms with Crippen LogP contribution in [0.3, 0.4) is 0 Å². The second kappa shape index (κ2) is 6.84. The van der Waals surface area contributed by atoms with Crippen LogP contribution in [-0.4, -0.2) is 15.9 Å². The molecule has 28 heavy (non-hydrogen) atoms. The quantitative estimate of drug-likeness (QED) is 0.468. The van der Waals surface area contributed by atoms with Crippen LogP contribution in [0.1, 0.15) is 11.3 Å². The average molecular weight is 381 g/mol. The predicted octanol–water partition coefficient (Wildman–Crippen LogP) is 5.39. The molecule has 0 aliphatic heterocycles. The van der Waals surface area contributed by atoms with E-state index >= 15 is 0 Å². The number of nitrogens with zero attached hydrogens (tertiary/aromatic N) is 1. The van der Waals surface area contributed by atoms with Crippen LogP contribution in [0, 0.1) is 0 Å². The van der Waals surface area contributed by atoms with Gasteiger partial charge < -0.3 is 10.3 Å². The first-order valence-electron chi connectivity index (χ1n) is 8.43. The number of hydrogen-bond donors (Lipinski definition) is 2. The number of fused-ring (bicyclic) bond motifs is 3. The highest BCUT2D eigenvalue weighted by molar-refractivity contribution is 6.07. The maximum Gasteiger partial charge on any atom is 0.418 e. The first kappa shape index (κ1) is 17.8. The number of nitrogens with one attached hydrogen (secondary N) is 2. The molecular weight excluding hydrogens is 367 g/mol. The molecule has 4 nitrogen and oxygen atoms in total. The number of carbonyl (C=O) groups is 1. The molecule has 2 aromatic carbocycles. The van der Waals surface area contributed by atoms with Crippen molar-refractivity contribution in [2.75, 3.05) is 5.32 Å². The number of halogens is 3. The molecule has 0 fully saturated rings. The zero-order valence-corrected chi connectivity index (χ0v) is 14.4. The van der Waals surface area contributed by atoms with Gasteiger partial charge in [-0.2, -0.15) is 13.2 Å². The number of pyridine rings is 1. The molecule has 2 aromatic heterocycles. The molecule has 0 atom stereocenters. The van der Waals surface area contributed by atoms with Crippen molar-refractivity contribution in [3.63, 3.8) is 0 Å². The summed E-state index contributed by atoms with van der Waals surface area (Å²) in [6, 6.07) is 14.4. The normalized spacial score (nSPS) is 12.1. The van der Waals surface area contributed by atoms with E-state index in [1.807, 2.05) is 30.3 Å². The predicted molar refractivity (Wildman–Crippen MR) is 103 cm³/mol. The fraction of sp³-hybridized carbons (Fsp3) is 0.0476. The second-order valence-electron chi connectivity index (χ2n) is 6.19. The number of aromatic nitrogens is 2. The van der Waals surface area contributed by atoms with Gasteiger partial charge in [-0.15, -0.1) is 0 Å². The Balaban J connectivity index is 1.58. The van der Waals surface area contributed by atoms with E-state index in [9.17, 15) is 18.0 Å². The van der Waals surface area contributed by atoms with Gasteiger partial charge in [-0.05, 0) is 30.3 Å². The lowest BCUT2D eigenvalue weighted by molar-refractivity contribution is -0.136. The van der Waals surface area contributed by atoms with Gasteiger partial charge in [0, 0.05) is 22.4 Å². The maximum atomic E-state index is 13.0. The lowest BCUT2D eigenvalue weighted by Crippen LogP contribution is -2.14. The molecule has 4 aromatic rings. The first-order chi connectivity index (χ1) is 13.4. The number of anilines is 1. The van der Waals surface area contributed by atoms with E-state index in [0.29, 0.717) is 5.69 Å². The van der Waals surface area contributed by atoms with E-state index in [1.54, 1.807) is 6.20 Å². The lowest BCUT2D eigenvalue weighted by Gasteiger charge is -2.12. The van der Waals surface area contributed by atoms with Crippen LogP contribution >= 0.6 is 0 Å². The molecule has 0 unspecified atom stereocenters. The Kier molecular flexibility index (Phi) is 4.35. The number of aromatic amines is 1. The number of alkyl halides is 3. The molecule has 140 valence electrons. The topological polar surface area (TPSA) is 57.8 Å². The van der Waals surface area contributed by atoms with Crippen LogP contribution < -0.4 is 5.32 Å². The van der Waals surface area contributed by atoms with Crippen molar-refractivity contribution in [3.05, 3.63) is 78.1 Å². The van der Waals surface area contributed by atoms with Crippen molar-refractivity contribution >= 4 is 39.5 Å². The van der Waals surface area contributed by atoms with Crippen LogP contribution in [0.15, 0.2) is 66.9 Å². The summed E-state index contributed by atoms with van der Waals surface area (Å²) < 4.78 is 39.0. The minimum Gasteiger partial charge on any atom is -0.353 e. The highest BCUT2D eigenvalue weighted by Gasteiger charge is 2.33. The van der Waals surface area contributed by atoms with Gasteiger partial charge in [0.15, 0.2) is 0 Å². The Labute approximate surface area is 157 Å². The van der Waals surface area contributed by atoms with E-state index < -0.39 is 17.6 Å². The Bertz CT molecular complexity index is 1210. The summed E-state index contributed by atoms with van der Waals surface area (Å²) in [5, 5.41) is 4.25. The molecule has 4 rings (SSSR count). The van der Waals surface area contributed by atoms with Crippen molar-refractivity contribution < 1.29 is 18.0 Å². The Morgan fingerprint density at radius 1 is 1.00 bits per heavy atom. The number of H-pyrrole nitrogens is 1. The first-order valence-corrected chi connectivity index (χ1v) is 8.43. The molecule has 0 spiro atoms. The van der Waals surface area contributed by atoms with Gasteiger partial charge in [0.1, 0.15) is 0 Å². The number of rotatable bonds is 3. The standard InChI is InChI=1S/C21H14F3N3O/c22-21(23,24)16-6-2-4-8-18(16)27-20(28)10-9-13-11-15-14-5-1-3-7-17(14)26-19(15)12-25-13/h1-12,26H,(H,27,28)/b10-9+. The van der Waals surface area contributed by atoms with Gasteiger partial charge in [0.25, 0.3) is 0 Å². The molecule has 0 aliphatic rings. The number of hydrogen-bond acceptors (Lipinski definition) is 2. The molecule has 2 heterocycles. The number of para-hydroxylation sites is 2. The fourth-order valence-corrected chi connectivity index (χ4v) is 3.03. The minimum atomic E-state index is -4.55. The third kappa shape index (κ3) is 3.46. The highest BCUT2D eigenvalue weighted by atomic mass is 19.4. The number of amides is 1. The largest absolute Gasteiger partial charge is 0.418 e. The molecule has 0 radical (unpaired) electrons. The van der Waals surface area contributed by atoms with Crippen molar-refractivity contribution in [2.24, 2.45) is 0 Å². The zero-order valence-electron chi connectivity index (χ0n) is 14.4. The maximum absolute atomic E-state index is 13.0. The summed E-state index contributed by atoms with van der Waals surface area (Å²) in [5.74, 6) is -0.669. The summed E-state index contributed by atoms with van der Waals surface area (Å²) >= 11 is 0. The molecule has 7 heteroatoms. The molecule has 0 aliphatic carbocycles. The van der Waals surface area contributed by atoms with Crippen molar-refractivity contribution in [1.29, 1.82) is 0 Å². The second-order valence-corrected chi connectivity index (χ2v) is 6.19. The van der Waals surface area contributed by atoms with Crippen LogP contribution in [0.5, 0.6) is 0 Å². The highest BCUT2D eigenvalue weighted by Crippen LogP contribution is 2.34. The molecule has 1 amide bonds. The summed E-state index contributed by atoms with van der Waals surface area (Å²) in [6.45, 7) is 0. The summed E-state index contributed by atoms with van der Waals surface area (Å²) in [6.07, 6.45) is -0.260. The minimum absolute atomic E-state index is 0.287. The third-order valence-electron chi connectivity index (χ3n) is 4.31. The summed E-state index contributed by atoms with van der Waals surface area (Å²) in [5.41, 5.74) is 1.18. The van der Waals surface area contributed by atoms with Crippen molar-refractivity contribution in [1.82, 2.24) is 9.97 Å². The van der Waals surface area contributed by atoms with E-state index in [4.69, 9.17) is 0 Å². The van der Waals surface area contributed by atoms with Crippen molar-refractivity contribution in [2.45, 2.75) is 6.18 Å². The molecular formula is C21H14F3N3O. The Hall–Kier alpha value is -3.61. The molecule has 2 N–H and O–H groups in total. The van der Waals surface area contributed by atoms with E-state index in [1.165, 1.54) is 24.3 Å². The smallest absolute Gasteiger partial charge is 0.353 e. The number of benzene rings is 2. The van der Waals surface area contributed by atoms with Crippen LogP contribution in [0.4, 0.5) is 18.9 Å². The number of carbonyl (C=O) groups excluding carboxylic acids is 1. The zero-order chi connectivity index (χ0) is 19.7. The van der Waals surface area contributed by atoms with Crippen LogP contribution in [0.25, 0.3) is 27.9 Å². The van der Waals surface area contributed by atoms with E-state index in [-0.39, 0.29) is 5.69 Å². The molecule has 0 saturated carbocycles. The van der Waals surface area contributed by atoms with Crippen LogP contribution in [-0.2, 0) is 11.0 Å². The van der Waals surface area contributed by atoms with Gasteiger partial charge in [-0.25, -0.2) is 0 Å². The molecule has 0 bridgehead atoms. The van der Waals surface area contributed by atoms with Crippen LogP contribution in [0.2, 0.25) is 0 Å². The van der Waals surface area contributed by atoms with Gasteiger partial charge >= 0.3 is 6.18 Å². The van der Waals surface area contributed by atoms with Gasteiger partial charge in [-0.3, -0.25) is 9.78 Å². The van der Waals surface area contributed by atoms with Gasteiger partial charge in [-0.1, -0.05) is 30.3 Å². The monoisotopic (exact) mass is 381 g/mol. The SMILES string of the molecule is O=C(/C=C/c1cc2c(cn1)[nH]c1ccccc12)Nc1ccccc1C(F)(F)F. The van der Waals surface area contributed by atoms with Gasteiger partial charge in [0.2, 0.25) is 5.91 Å². The summed E-state index contributed by atoms with van der Waals surface area (Å²) in [4.78, 5) is 19.6. The Morgan fingerprint density at radius 3 is 2.57 bits per heavy atom. The summed E-state index contributed by atoms with van der Waals surface area (Å²) in [7, 11) is 0. The van der Waals surface area contributed by atoms with E-state index in [0.717, 1.165) is 33.9 Å². The third-order valence-corrected chi connectivity index (χ3v) is 4.31.